The van der Waals surface area contributed by atoms with E-state index in [1.54, 1.807) is 41.8 Å². The molecule has 140 valence electrons. The standard InChI is InChI=1S/C21H14ClF2N3O/c1-12-10-17-20(21(22)25-12)18(28)11-19(26-15-6-2-13(23)3-7-15)27(17)16-8-4-14(24)5-9-16/h2-11,26H,1H3. The molecule has 1 N–H and O–H groups in total. The number of aromatic nitrogens is 2. The minimum atomic E-state index is -0.377. The summed E-state index contributed by atoms with van der Waals surface area (Å²) < 4.78 is 28.4. The van der Waals surface area contributed by atoms with Crippen LogP contribution in [-0.2, 0) is 0 Å². The van der Waals surface area contributed by atoms with Crippen molar-refractivity contribution >= 4 is 34.0 Å². The van der Waals surface area contributed by atoms with Crippen LogP contribution in [0.2, 0.25) is 5.15 Å². The summed E-state index contributed by atoms with van der Waals surface area (Å²) in [7, 11) is 0. The van der Waals surface area contributed by atoms with Gasteiger partial charge in [0.25, 0.3) is 0 Å². The quantitative estimate of drug-likeness (QED) is 0.473. The van der Waals surface area contributed by atoms with Crippen LogP contribution in [0.5, 0.6) is 0 Å². The largest absolute Gasteiger partial charge is 0.341 e. The van der Waals surface area contributed by atoms with Crippen LogP contribution < -0.4 is 10.7 Å². The molecule has 0 aliphatic heterocycles. The van der Waals surface area contributed by atoms with Crippen molar-refractivity contribution in [1.29, 1.82) is 0 Å². The van der Waals surface area contributed by atoms with E-state index >= 15 is 0 Å². The van der Waals surface area contributed by atoms with Gasteiger partial charge in [-0.3, -0.25) is 9.36 Å². The number of nitrogens with one attached hydrogen (secondary N) is 1. The van der Waals surface area contributed by atoms with E-state index in [4.69, 9.17) is 11.6 Å². The molecule has 0 saturated heterocycles. The zero-order valence-electron chi connectivity index (χ0n) is 14.7. The van der Waals surface area contributed by atoms with Gasteiger partial charge in [0.2, 0.25) is 0 Å². The fourth-order valence-corrected chi connectivity index (χ4v) is 3.38. The van der Waals surface area contributed by atoms with E-state index in [0.29, 0.717) is 28.4 Å². The Balaban J connectivity index is 2.02. The number of nitrogens with zero attached hydrogens (tertiary/aromatic N) is 2. The lowest BCUT2D eigenvalue weighted by Gasteiger charge is -2.19. The van der Waals surface area contributed by atoms with Crippen molar-refractivity contribution < 1.29 is 8.78 Å². The SMILES string of the molecule is Cc1cc2c(c(Cl)n1)c(=O)cc(Nc1ccc(F)cc1)n2-c1ccc(F)cc1. The number of fused-ring (bicyclic) bond motifs is 1. The summed E-state index contributed by atoms with van der Waals surface area (Å²) >= 11 is 6.24. The first-order valence-electron chi connectivity index (χ1n) is 8.44. The van der Waals surface area contributed by atoms with Gasteiger partial charge in [-0.1, -0.05) is 11.6 Å². The van der Waals surface area contributed by atoms with E-state index in [0.717, 1.165) is 0 Å². The zero-order valence-corrected chi connectivity index (χ0v) is 15.5. The number of anilines is 2. The Bertz CT molecular complexity index is 1240. The highest BCUT2D eigenvalue weighted by Gasteiger charge is 2.15. The number of halogens is 3. The van der Waals surface area contributed by atoms with Crippen LogP contribution in [0.3, 0.4) is 0 Å². The Morgan fingerprint density at radius 1 is 0.964 bits per heavy atom. The molecule has 0 aliphatic rings. The van der Waals surface area contributed by atoms with Gasteiger partial charge in [0, 0.05) is 23.1 Å². The molecule has 0 saturated carbocycles. The second-order valence-corrected chi connectivity index (χ2v) is 6.64. The summed E-state index contributed by atoms with van der Waals surface area (Å²) in [4.78, 5) is 16.9. The molecule has 4 aromatic rings. The lowest BCUT2D eigenvalue weighted by Crippen LogP contribution is -2.13. The Morgan fingerprint density at radius 2 is 1.57 bits per heavy atom. The Morgan fingerprint density at radius 3 is 2.21 bits per heavy atom. The maximum atomic E-state index is 13.5. The molecule has 2 aromatic carbocycles. The van der Waals surface area contributed by atoms with Crippen LogP contribution in [0.4, 0.5) is 20.3 Å². The van der Waals surface area contributed by atoms with Gasteiger partial charge >= 0.3 is 0 Å². The van der Waals surface area contributed by atoms with Gasteiger partial charge in [-0.05, 0) is 61.5 Å². The van der Waals surface area contributed by atoms with Crippen molar-refractivity contribution in [3.05, 3.63) is 93.4 Å². The predicted octanol–water partition coefficient (Wildman–Crippen LogP) is 5.37. The Kier molecular flexibility index (Phi) is 4.57. The van der Waals surface area contributed by atoms with Crippen molar-refractivity contribution in [3.63, 3.8) is 0 Å². The predicted molar refractivity (Wildman–Crippen MR) is 107 cm³/mol. The van der Waals surface area contributed by atoms with E-state index in [-0.39, 0.29) is 27.6 Å². The Hall–Kier alpha value is -3.25. The molecular weight excluding hydrogens is 384 g/mol. The van der Waals surface area contributed by atoms with Crippen molar-refractivity contribution in [2.75, 3.05) is 5.32 Å². The van der Waals surface area contributed by atoms with E-state index in [1.165, 1.54) is 30.3 Å². The number of hydrogen-bond acceptors (Lipinski definition) is 3. The molecule has 0 atom stereocenters. The van der Waals surface area contributed by atoms with Gasteiger partial charge in [-0.25, -0.2) is 13.8 Å². The molecule has 7 heteroatoms. The number of pyridine rings is 2. The van der Waals surface area contributed by atoms with Crippen LogP contribution >= 0.6 is 11.6 Å². The monoisotopic (exact) mass is 397 g/mol. The minimum Gasteiger partial charge on any atom is -0.341 e. The maximum Gasteiger partial charge on any atom is 0.194 e. The first-order chi connectivity index (χ1) is 13.4. The maximum absolute atomic E-state index is 13.5. The highest BCUT2D eigenvalue weighted by molar-refractivity contribution is 6.34. The fourth-order valence-electron chi connectivity index (χ4n) is 3.06. The third-order valence-corrected chi connectivity index (χ3v) is 4.55. The van der Waals surface area contributed by atoms with E-state index in [2.05, 4.69) is 10.3 Å². The third-order valence-electron chi connectivity index (χ3n) is 4.28. The van der Waals surface area contributed by atoms with Crippen molar-refractivity contribution in [1.82, 2.24) is 9.55 Å². The van der Waals surface area contributed by atoms with E-state index in [9.17, 15) is 13.6 Å². The second-order valence-electron chi connectivity index (χ2n) is 6.29. The van der Waals surface area contributed by atoms with Crippen LogP contribution in [-0.4, -0.2) is 9.55 Å². The number of aryl methyl sites for hydroxylation is 1. The normalized spacial score (nSPS) is 11.0. The molecule has 2 aromatic heterocycles. The molecule has 0 radical (unpaired) electrons. The zero-order chi connectivity index (χ0) is 19.8. The molecule has 0 aliphatic carbocycles. The van der Waals surface area contributed by atoms with Crippen LogP contribution in [0.1, 0.15) is 5.69 Å². The lowest BCUT2D eigenvalue weighted by atomic mass is 10.2. The first-order valence-corrected chi connectivity index (χ1v) is 8.81. The average Bonchev–Trinajstić information content (AvgIpc) is 2.64. The summed E-state index contributed by atoms with van der Waals surface area (Å²) in [5.41, 5.74) is 2.06. The average molecular weight is 398 g/mol. The number of benzene rings is 2. The summed E-state index contributed by atoms with van der Waals surface area (Å²) in [6, 6.07) is 14.7. The molecule has 28 heavy (non-hydrogen) atoms. The van der Waals surface area contributed by atoms with Gasteiger partial charge in [-0.15, -0.1) is 0 Å². The molecule has 0 bridgehead atoms. The highest BCUT2D eigenvalue weighted by atomic mass is 35.5. The molecule has 0 unspecified atom stereocenters. The van der Waals surface area contributed by atoms with Gasteiger partial charge in [0.15, 0.2) is 5.43 Å². The van der Waals surface area contributed by atoms with Gasteiger partial charge in [-0.2, -0.15) is 0 Å². The van der Waals surface area contributed by atoms with Crippen molar-refractivity contribution in [2.24, 2.45) is 0 Å². The molecular formula is C21H14ClF2N3O. The second kappa shape index (κ2) is 7.05. The van der Waals surface area contributed by atoms with Crippen LogP contribution in [0, 0.1) is 18.6 Å². The van der Waals surface area contributed by atoms with Crippen molar-refractivity contribution in [3.8, 4) is 5.69 Å². The van der Waals surface area contributed by atoms with Crippen LogP contribution in [0.25, 0.3) is 16.6 Å². The van der Waals surface area contributed by atoms with Gasteiger partial charge in [0.05, 0.1) is 10.9 Å². The number of rotatable bonds is 3. The molecule has 0 spiro atoms. The third kappa shape index (κ3) is 3.34. The molecule has 0 amide bonds. The van der Waals surface area contributed by atoms with Gasteiger partial charge < -0.3 is 5.32 Å². The Labute approximate surface area is 164 Å². The van der Waals surface area contributed by atoms with Gasteiger partial charge in [0.1, 0.15) is 22.6 Å². The number of hydrogen-bond donors (Lipinski definition) is 1. The molecule has 0 fully saturated rings. The summed E-state index contributed by atoms with van der Waals surface area (Å²) in [6.07, 6.45) is 0. The fraction of sp³-hybridized carbons (Fsp3) is 0.0476. The molecule has 4 rings (SSSR count). The van der Waals surface area contributed by atoms with Crippen molar-refractivity contribution in [2.45, 2.75) is 6.92 Å². The lowest BCUT2D eigenvalue weighted by molar-refractivity contribution is 0.627. The van der Waals surface area contributed by atoms with E-state index < -0.39 is 0 Å². The first kappa shape index (κ1) is 18.1. The summed E-state index contributed by atoms with van der Waals surface area (Å²) in [5.74, 6) is -0.316. The summed E-state index contributed by atoms with van der Waals surface area (Å²) in [6.45, 7) is 1.77. The molecule has 2 heterocycles. The highest BCUT2D eigenvalue weighted by Crippen LogP contribution is 2.28. The molecule has 4 nitrogen and oxygen atoms in total. The van der Waals surface area contributed by atoms with E-state index in [1.807, 2.05) is 0 Å². The summed E-state index contributed by atoms with van der Waals surface area (Å²) in [5, 5.41) is 3.49. The topological polar surface area (TPSA) is 46.9 Å². The smallest absolute Gasteiger partial charge is 0.194 e. The van der Waals surface area contributed by atoms with Crippen LogP contribution in [0.15, 0.2) is 65.5 Å². The minimum absolute atomic E-state index is 0.101.